The fourth-order valence-corrected chi connectivity index (χ4v) is 2.61. The van der Waals surface area contributed by atoms with Crippen LogP contribution in [0.1, 0.15) is 28.5 Å². The first-order valence-electron chi connectivity index (χ1n) is 7.10. The van der Waals surface area contributed by atoms with Gasteiger partial charge in [0.15, 0.2) is 5.82 Å². The summed E-state index contributed by atoms with van der Waals surface area (Å²) in [4.78, 5) is 0. The fraction of sp³-hybridized carbons (Fsp3) is 0.286. The van der Waals surface area contributed by atoms with E-state index in [1.807, 2.05) is 11.5 Å². The van der Waals surface area contributed by atoms with Crippen molar-refractivity contribution in [2.75, 3.05) is 0 Å². The monoisotopic (exact) mass is 370 g/mol. The summed E-state index contributed by atoms with van der Waals surface area (Å²) in [5, 5.41) is 13.1. The highest BCUT2D eigenvalue weighted by atomic mass is 32.1. The predicted molar refractivity (Wildman–Crippen MR) is 85.4 cm³/mol. The van der Waals surface area contributed by atoms with E-state index in [2.05, 4.69) is 20.5 Å². The minimum atomic E-state index is -4.67. The summed E-state index contributed by atoms with van der Waals surface area (Å²) in [5.74, 6) is 0.0231. The van der Waals surface area contributed by atoms with Crippen LogP contribution >= 0.6 is 12.2 Å². The van der Waals surface area contributed by atoms with E-state index in [4.69, 9.17) is 16.7 Å². The fourth-order valence-electron chi connectivity index (χ4n) is 2.43. The second kappa shape index (κ2) is 5.99. The molecule has 11 heteroatoms. The molecule has 7 nitrogen and oxygen atoms in total. The zero-order chi connectivity index (χ0) is 18.4. The second-order valence-electron chi connectivity index (χ2n) is 5.36. The first-order valence-corrected chi connectivity index (χ1v) is 7.51. The molecule has 3 heterocycles. The Morgan fingerprint density at radius 3 is 2.60 bits per heavy atom. The van der Waals surface area contributed by atoms with Gasteiger partial charge in [-0.2, -0.15) is 22.9 Å². The van der Waals surface area contributed by atoms with Gasteiger partial charge in [-0.05, 0) is 39.1 Å². The summed E-state index contributed by atoms with van der Waals surface area (Å²) in [6.07, 6.45) is -3.37. The minimum absolute atomic E-state index is 0.246. The Hall–Kier alpha value is -2.69. The number of hydrogen-bond acceptors (Lipinski definition) is 5. The largest absolute Gasteiger partial charge is 0.453 e. The zero-order valence-corrected chi connectivity index (χ0v) is 14.2. The van der Waals surface area contributed by atoms with E-state index < -0.39 is 12.0 Å². The van der Waals surface area contributed by atoms with Crippen LogP contribution in [0.25, 0.3) is 5.82 Å². The van der Waals surface area contributed by atoms with Crippen LogP contribution in [-0.2, 0) is 6.18 Å². The van der Waals surface area contributed by atoms with Gasteiger partial charge in [0.25, 0.3) is 5.82 Å². The van der Waals surface area contributed by atoms with Gasteiger partial charge in [0.05, 0.1) is 6.21 Å². The molecule has 1 N–H and O–H groups in total. The normalized spacial score (nSPS) is 12.4. The molecule has 0 amide bonds. The first-order chi connectivity index (χ1) is 11.7. The lowest BCUT2D eigenvalue weighted by Gasteiger charge is -2.05. The molecule has 3 rings (SSSR count). The number of halogens is 3. The molecule has 0 aliphatic heterocycles. The predicted octanol–water partition coefficient (Wildman–Crippen LogP) is 3.55. The maximum atomic E-state index is 12.9. The van der Waals surface area contributed by atoms with Crippen molar-refractivity contribution in [2.45, 2.75) is 26.9 Å². The van der Waals surface area contributed by atoms with Gasteiger partial charge in [-0.25, -0.2) is 5.10 Å². The van der Waals surface area contributed by atoms with Crippen molar-refractivity contribution in [1.29, 1.82) is 0 Å². The van der Waals surface area contributed by atoms with Crippen molar-refractivity contribution in [3.63, 3.8) is 0 Å². The van der Waals surface area contributed by atoms with Crippen molar-refractivity contribution in [3.8, 4) is 5.82 Å². The van der Waals surface area contributed by atoms with Crippen molar-refractivity contribution in [2.24, 2.45) is 5.10 Å². The third-order valence-corrected chi connectivity index (χ3v) is 3.80. The van der Waals surface area contributed by atoms with Crippen LogP contribution < -0.4 is 0 Å². The van der Waals surface area contributed by atoms with E-state index in [9.17, 15) is 13.2 Å². The van der Waals surface area contributed by atoms with Crippen LogP contribution in [0.5, 0.6) is 0 Å². The van der Waals surface area contributed by atoms with Crippen LogP contribution in [0.2, 0.25) is 0 Å². The van der Waals surface area contributed by atoms with Crippen LogP contribution in [-0.4, -0.2) is 30.8 Å². The van der Waals surface area contributed by atoms with Crippen molar-refractivity contribution in [3.05, 3.63) is 45.4 Å². The SMILES string of the molecule is Cc1cc(-n2c(C)cc(/C=N\n3c(C(F)(F)F)n[nH]c3=S)c2C)no1. The van der Waals surface area contributed by atoms with Crippen LogP contribution in [0.4, 0.5) is 13.2 Å². The van der Waals surface area contributed by atoms with Gasteiger partial charge in [0, 0.05) is 23.0 Å². The number of aryl methyl sites for hydroxylation is 2. The number of nitrogens with zero attached hydrogens (tertiary/aromatic N) is 5. The van der Waals surface area contributed by atoms with Gasteiger partial charge in [0.1, 0.15) is 5.76 Å². The van der Waals surface area contributed by atoms with Crippen LogP contribution in [0.15, 0.2) is 21.8 Å². The van der Waals surface area contributed by atoms with E-state index in [-0.39, 0.29) is 4.77 Å². The molecule has 25 heavy (non-hydrogen) atoms. The molecule has 3 aromatic rings. The van der Waals surface area contributed by atoms with E-state index in [0.29, 0.717) is 21.8 Å². The standard InChI is InChI=1S/C14H13F3N6OS/c1-7-4-10(9(3)22(7)11-5-8(2)24-21-11)6-18-23-12(14(15,16)17)19-20-13(23)25/h4-6H,1-3H3,(H,20,25)/b18-6-. The smallest absolute Gasteiger partial charge is 0.360 e. The topological polar surface area (TPSA) is 76.9 Å². The zero-order valence-electron chi connectivity index (χ0n) is 13.4. The lowest BCUT2D eigenvalue weighted by atomic mass is 10.3. The Labute approximate surface area is 144 Å². The number of H-pyrrole nitrogens is 1. The first kappa shape index (κ1) is 17.1. The van der Waals surface area contributed by atoms with Crippen LogP contribution in [0, 0.1) is 25.5 Å². The molecule has 0 saturated heterocycles. The lowest BCUT2D eigenvalue weighted by molar-refractivity contribution is -0.147. The van der Waals surface area contributed by atoms with E-state index in [1.165, 1.54) is 6.21 Å². The molecule has 0 aliphatic rings. The summed E-state index contributed by atoms with van der Waals surface area (Å²) < 4.78 is 45.9. The van der Waals surface area contributed by atoms with Gasteiger partial charge < -0.3 is 4.52 Å². The summed E-state index contributed by atoms with van der Waals surface area (Å²) >= 11 is 4.80. The van der Waals surface area contributed by atoms with Crippen molar-refractivity contribution >= 4 is 18.4 Å². The number of nitrogens with one attached hydrogen (secondary N) is 1. The van der Waals surface area contributed by atoms with Crippen LogP contribution in [0.3, 0.4) is 0 Å². The summed E-state index contributed by atoms with van der Waals surface area (Å²) in [7, 11) is 0. The number of alkyl halides is 3. The molecule has 0 radical (unpaired) electrons. The van der Waals surface area contributed by atoms with Gasteiger partial charge in [-0.15, -0.1) is 5.10 Å². The number of aromatic nitrogens is 5. The summed E-state index contributed by atoms with van der Waals surface area (Å²) in [6.45, 7) is 5.42. The van der Waals surface area contributed by atoms with Crippen molar-refractivity contribution < 1.29 is 17.7 Å². The Balaban J connectivity index is 2.02. The Bertz CT molecular complexity index is 1010. The highest BCUT2D eigenvalue weighted by molar-refractivity contribution is 7.71. The molecule has 0 unspecified atom stereocenters. The molecule has 0 saturated carbocycles. The lowest BCUT2D eigenvalue weighted by Crippen LogP contribution is -2.12. The third kappa shape index (κ3) is 3.14. The molecular weight excluding hydrogens is 357 g/mol. The van der Waals surface area contributed by atoms with E-state index >= 15 is 0 Å². The van der Waals surface area contributed by atoms with Gasteiger partial charge in [0.2, 0.25) is 4.77 Å². The average Bonchev–Trinajstić information content (AvgIpc) is 3.15. The summed E-state index contributed by atoms with van der Waals surface area (Å²) in [6, 6.07) is 3.54. The van der Waals surface area contributed by atoms with E-state index in [0.717, 1.165) is 11.4 Å². The molecule has 0 bridgehead atoms. The maximum Gasteiger partial charge on any atom is 0.453 e. The molecule has 0 fully saturated rings. The Kier molecular flexibility index (Phi) is 4.11. The molecule has 132 valence electrons. The minimum Gasteiger partial charge on any atom is -0.360 e. The molecule has 0 atom stereocenters. The van der Waals surface area contributed by atoms with Gasteiger partial charge >= 0.3 is 6.18 Å². The van der Waals surface area contributed by atoms with Gasteiger partial charge in [-0.3, -0.25) is 4.57 Å². The quantitative estimate of drug-likeness (QED) is 0.565. The molecule has 0 aliphatic carbocycles. The Morgan fingerprint density at radius 2 is 2.00 bits per heavy atom. The van der Waals surface area contributed by atoms with E-state index in [1.54, 1.807) is 26.0 Å². The maximum absolute atomic E-state index is 12.9. The molecule has 0 spiro atoms. The van der Waals surface area contributed by atoms with Gasteiger partial charge in [-0.1, -0.05) is 5.16 Å². The second-order valence-corrected chi connectivity index (χ2v) is 5.75. The number of rotatable bonds is 3. The Morgan fingerprint density at radius 1 is 1.28 bits per heavy atom. The number of aromatic amines is 1. The molecule has 3 aromatic heterocycles. The highest BCUT2D eigenvalue weighted by Crippen LogP contribution is 2.27. The average molecular weight is 370 g/mol. The number of hydrogen-bond donors (Lipinski definition) is 1. The highest BCUT2D eigenvalue weighted by Gasteiger charge is 2.37. The summed E-state index contributed by atoms with van der Waals surface area (Å²) in [5.41, 5.74) is 2.20. The third-order valence-electron chi connectivity index (χ3n) is 3.53. The molecule has 0 aromatic carbocycles. The molecular formula is C14H13F3N6OS. The van der Waals surface area contributed by atoms with Crippen molar-refractivity contribution in [1.82, 2.24) is 24.6 Å².